The van der Waals surface area contributed by atoms with Gasteiger partial charge in [0.1, 0.15) is 0 Å². The first kappa shape index (κ1) is 8.21. The molecule has 13 heavy (non-hydrogen) atoms. The summed E-state index contributed by atoms with van der Waals surface area (Å²) in [5, 5.41) is 5.77. The van der Waals surface area contributed by atoms with Crippen LogP contribution in [-0.2, 0) is 4.84 Å². The van der Waals surface area contributed by atoms with E-state index in [1.807, 2.05) is 0 Å². The number of fused-ring (bicyclic) bond motifs is 1. The number of piperidine rings is 1. The second-order valence-corrected chi connectivity index (χ2v) is 4.55. The topological polar surface area (TPSA) is 24.5 Å². The van der Waals surface area contributed by atoms with E-state index in [1.165, 1.54) is 32.2 Å². The normalized spacial score (nSPS) is 45.7. The molecule has 0 aromatic heterocycles. The van der Waals surface area contributed by atoms with E-state index in [2.05, 4.69) is 10.4 Å². The molecule has 2 saturated heterocycles. The summed E-state index contributed by atoms with van der Waals surface area (Å²) in [5.41, 5.74) is 0. The SMILES string of the molecule is C1CCON(C2NCC3CC32)CC1. The van der Waals surface area contributed by atoms with Crippen molar-refractivity contribution in [1.82, 2.24) is 10.4 Å². The Balaban J connectivity index is 1.62. The summed E-state index contributed by atoms with van der Waals surface area (Å²) in [6.45, 7) is 3.27. The van der Waals surface area contributed by atoms with E-state index in [0.29, 0.717) is 6.17 Å². The molecule has 3 rings (SSSR count). The summed E-state index contributed by atoms with van der Waals surface area (Å²) in [5.74, 6) is 1.87. The van der Waals surface area contributed by atoms with E-state index in [1.54, 1.807) is 0 Å². The summed E-state index contributed by atoms with van der Waals surface area (Å²) in [4.78, 5) is 5.75. The smallest absolute Gasteiger partial charge is 0.0875 e. The lowest BCUT2D eigenvalue weighted by Crippen LogP contribution is -2.44. The summed E-state index contributed by atoms with van der Waals surface area (Å²) in [6.07, 6.45) is 5.84. The first-order chi connectivity index (χ1) is 6.45. The molecule has 1 aliphatic carbocycles. The maximum absolute atomic E-state index is 5.75. The van der Waals surface area contributed by atoms with E-state index in [0.717, 1.165) is 25.0 Å². The van der Waals surface area contributed by atoms with Crippen LogP contribution in [0.5, 0.6) is 0 Å². The van der Waals surface area contributed by atoms with Crippen molar-refractivity contribution in [2.24, 2.45) is 11.8 Å². The minimum absolute atomic E-state index is 0.545. The monoisotopic (exact) mass is 182 g/mol. The van der Waals surface area contributed by atoms with Crippen LogP contribution in [0.3, 0.4) is 0 Å². The third-order valence-corrected chi connectivity index (χ3v) is 3.56. The Kier molecular flexibility index (Phi) is 2.04. The van der Waals surface area contributed by atoms with Gasteiger partial charge >= 0.3 is 0 Å². The molecule has 2 heterocycles. The van der Waals surface area contributed by atoms with Gasteiger partial charge in [0.15, 0.2) is 0 Å². The summed E-state index contributed by atoms with van der Waals surface area (Å²) < 4.78 is 0. The molecule has 0 aromatic carbocycles. The Bertz CT molecular complexity index is 189. The van der Waals surface area contributed by atoms with Gasteiger partial charge in [-0.05, 0) is 44.1 Å². The zero-order valence-corrected chi connectivity index (χ0v) is 8.04. The van der Waals surface area contributed by atoms with Crippen LogP contribution in [0.1, 0.15) is 25.7 Å². The molecule has 1 saturated carbocycles. The third kappa shape index (κ3) is 1.49. The molecule has 74 valence electrons. The molecule has 3 nitrogen and oxygen atoms in total. The number of hydroxylamine groups is 2. The first-order valence-corrected chi connectivity index (χ1v) is 5.58. The highest BCUT2D eigenvalue weighted by Gasteiger charge is 2.50. The van der Waals surface area contributed by atoms with Crippen LogP contribution < -0.4 is 5.32 Å². The van der Waals surface area contributed by atoms with Gasteiger partial charge < -0.3 is 0 Å². The van der Waals surface area contributed by atoms with Crippen molar-refractivity contribution in [2.75, 3.05) is 19.7 Å². The molecule has 3 atom stereocenters. The van der Waals surface area contributed by atoms with Crippen LogP contribution in [0.15, 0.2) is 0 Å². The average Bonchev–Trinajstić information content (AvgIpc) is 2.88. The molecule has 3 fully saturated rings. The standard InChI is InChI=1S/C10H18N2O/c1-2-4-12(13-5-3-1)10-9-6-8(9)7-11-10/h8-11H,1-7H2. The predicted molar refractivity (Wildman–Crippen MR) is 49.9 cm³/mol. The fraction of sp³-hybridized carbons (Fsp3) is 1.00. The fourth-order valence-electron chi connectivity index (χ4n) is 2.64. The fourth-order valence-corrected chi connectivity index (χ4v) is 2.64. The van der Waals surface area contributed by atoms with Crippen molar-refractivity contribution in [3.63, 3.8) is 0 Å². The second-order valence-electron chi connectivity index (χ2n) is 4.55. The quantitative estimate of drug-likeness (QED) is 0.654. The van der Waals surface area contributed by atoms with Gasteiger partial charge in [-0.2, -0.15) is 5.06 Å². The van der Waals surface area contributed by atoms with Crippen LogP contribution in [0.2, 0.25) is 0 Å². The number of nitrogens with one attached hydrogen (secondary N) is 1. The minimum atomic E-state index is 0.545. The molecular formula is C10H18N2O. The molecule has 2 aliphatic heterocycles. The minimum Gasteiger partial charge on any atom is -0.299 e. The van der Waals surface area contributed by atoms with Gasteiger partial charge in [0, 0.05) is 6.54 Å². The Labute approximate surface area is 79.4 Å². The lowest BCUT2D eigenvalue weighted by molar-refractivity contribution is -0.187. The summed E-state index contributed by atoms with van der Waals surface area (Å²) in [6, 6.07) is 0. The van der Waals surface area contributed by atoms with Gasteiger partial charge in [0.25, 0.3) is 0 Å². The highest BCUT2D eigenvalue weighted by atomic mass is 16.7. The van der Waals surface area contributed by atoms with Gasteiger partial charge in [0.05, 0.1) is 12.8 Å². The maximum atomic E-state index is 5.75. The zero-order chi connectivity index (χ0) is 8.67. The summed E-state index contributed by atoms with van der Waals surface area (Å²) in [7, 11) is 0. The first-order valence-electron chi connectivity index (χ1n) is 5.58. The van der Waals surface area contributed by atoms with Crippen molar-refractivity contribution in [3.8, 4) is 0 Å². The number of nitrogens with zero attached hydrogens (tertiary/aromatic N) is 1. The molecule has 1 N–H and O–H groups in total. The van der Waals surface area contributed by atoms with Crippen molar-refractivity contribution in [3.05, 3.63) is 0 Å². The Morgan fingerprint density at radius 3 is 3.00 bits per heavy atom. The second kappa shape index (κ2) is 3.23. The number of rotatable bonds is 1. The van der Waals surface area contributed by atoms with Gasteiger partial charge in [-0.25, -0.2) is 0 Å². The van der Waals surface area contributed by atoms with Crippen LogP contribution in [0.25, 0.3) is 0 Å². The van der Waals surface area contributed by atoms with E-state index < -0.39 is 0 Å². The average molecular weight is 182 g/mol. The lowest BCUT2D eigenvalue weighted by atomic mass is 10.2. The Morgan fingerprint density at radius 2 is 2.23 bits per heavy atom. The highest BCUT2D eigenvalue weighted by Crippen LogP contribution is 2.46. The van der Waals surface area contributed by atoms with Crippen molar-refractivity contribution in [2.45, 2.75) is 31.8 Å². The largest absolute Gasteiger partial charge is 0.299 e. The van der Waals surface area contributed by atoms with Crippen molar-refractivity contribution in [1.29, 1.82) is 0 Å². The molecule has 0 aromatic rings. The Hall–Kier alpha value is -0.120. The molecule has 0 radical (unpaired) electrons. The number of hydrogen-bond acceptors (Lipinski definition) is 3. The third-order valence-electron chi connectivity index (χ3n) is 3.56. The molecule has 0 bridgehead atoms. The highest BCUT2D eigenvalue weighted by molar-refractivity contribution is 5.00. The number of hydrogen-bond donors (Lipinski definition) is 1. The molecule has 0 amide bonds. The van der Waals surface area contributed by atoms with Crippen molar-refractivity contribution >= 4 is 0 Å². The zero-order valence-electron chi connectivity index (χ0n) is 8.04. The van der Waals surface area contributed by atoms with Crippen LogP contribution in [0, 0.1) is 11.8 Å². The molecule has 3 aliphatic rings. The van der Waals surface area contributed by atoms with E-state index >= 15 is 0 Å². The molecule has 3 unspecified atom stereocenters. The van der Waals surface area contributed by atoms with Gasteiger partial charge in [-0.1, -0.05) is 0 Å². The van der Waals surface area contributed by atoms with E-state index in [4.69, 9.17) is 4.84 Å². The molecule has 3 heteroatoms. The predicted octanol–water partition coefficient (Wildman–Crippen LogP) is 0.969. The van der Waals surface area contributed by atoms with E-state index in [-0.39, 0.29) is 0 Å². The van der Waals surface area contributed by atoms with Crippen LogP contribution in [-0.4, -0.2) is 30.9 Å². The van der Waals surface area contributed by atoms with Crippen LogP contribution in [0.4, 0.5) is 0 Å². The van der Waals surface area contributed by atoms with E-state index in [9.17, 15) is 0 Å². The molecule has 0 spiro atoms. The maximum Gasteiger partial charge on any atom is 0.0875 e. The van der Waals surface area contributed by atoms with Gasteiger partial charge in [-0.3, -0.25) is 10.2 Å². The van der Waals surface area contributed by atoms with Gasteiger partial charge in [0.2, 0.25) is 0 Å². The van der Waals surface area contributed by atoms with Gasteiger partial charge in [-0.15, -0.1) is 0 Å². The van der Waals surface area contributed by atoms with Crippen LogP contribution >= 0.6 is 0 Å². The lowest BCUT2D eigenvalue weighted by Gasteiger charge is -2.27. The molecular weight excluding hydrogens is 164 g/mol. The van der Waals surface area contributed by atoms with Crippen molar-refractivity contribution < 1.29 is 4.84 Å². The Morgan fingerprint density at radius 1 is 1.23 bits per heavy atom. The summed E-state index contributed by atoms with van der Waals surface area (Å²) >= 11 is 0.